The van der Waals surface area contributed by atoms with E-state index >= 15 is 0 Å². The van der Waals surface area contributed by atoms with Gasteiger partial charge in [-0.15, -0.1) is 6.42 Å². The Labute approximate surface area is 105 Å². The van der Waals surface area contributed by atoms with Crippen LogP contribution in [-0.4, -0.2) is 18.9 Å². The van der Waals surface area contributed by atoms with E-state index in [0.29, 0.717) is 11.1 Å². The molecule has 0 saturated heterocycles. The lowest BCUT2D eigenvalue weighted by molar-refractivity contribution is -0.134. The SMILES string of the molecule is C#CC(=O)c1ccccc1C#C/C=C/C(=O)OC. The molecule has 0 aromatic heterocycles. The number of hydrogen-bond donors (Lipinski definition) is 0. The maximum absolute atomic E-state index is 11.4. The number of hydrogen-bond acceptors (Lipinski definition) is 3. The Bertz CT molecular complexity index is 592. The lowest BCUT2D eigenvalue weighted by Gasteiger charge is -1.97. The standard InChI is InChI=1S/C15H10O3/c1-3-14(16)13-10-6-4-8-12(13)9-5-7-11-15(17)18-2/h1,4,6-8,10-11H,2H3/b11-7+. The van der Waals surface area contributed by atoms with Crippen molar-refractivity contribution in [2.75, 3.05) is 7.11 Å². The molecule has 1 rings (SSSR count). The van der Waals surface area contributed by atoms with Crippen molar-refractivity contribution < 1.29 is 14.3 Å². The number of benzene rings is 1. The summed E-state index contributed by atoms with van der Waals surface area (Å²) in [5, 5.41) is 0. The summed E-state index contributed by atoms with van der Waals surface area (Å²) in [4.78, 5) is 22.2. The van der Waals surface area contributed by atoms with Gasteiger partial charge in [0.05, 0.1) is 7.11 Å². The Morgan fingerprint density at radius 3 is 2.72 bits per heavy atom. The van der Waals surface area contributed by atoms with Crippen molar-refractivity contribution in [3.05, 3.63) is 47.5 Å². The predicted octanol–water partition coefficient (Wildman–Crippen LogP) is 1.58. The van der Waals surface area contributed by atoms with E-state index in [9.17, 15) is 9.59 Å². The van der Waals surface area contributed by atoms with Crippen LogP contribution in [0.25, 0.3) is 0 Å². The second kappa shape index (κ2) is 6.73. The van der Waals surface area contributed by atoms with Gasteiger partial charge in [-0.05, 0) is 24.1 Å². The molecule has 18 heavy (non-hydrogen) atoms. The molecule has 0 bridgehead atoms. The number of allylic oxidation sites excluding steroid dienone is 1. The fraction of sp³-hybridized carbons (Fsp3) is 0.0667. The highest BCUT2D eigenvalue weighted by Gasteiger charge is 2.05. The predicted molar refractivity (Wildman–Crippen MR) is 67.6 cm³/mol. The van der Waals surface area contributed by atoms with E-state index in [1.807, 2.05) is 5.92 Å². The number of terminal acetylenes is 1. The summed E-state index contributed by atoms with van der Waals surface area (Å²) in [5.41, 5.74) is 0.897. The van der Waals surface area contributed by atoms with Crippen molar-refractivity contribution in [3.63, 3.8) is 0 Å². The lowest BCUT2D eigenvalue weighted by Crippen LogP contribution is -1.97. The second-order valence-corrected chi connectivity index (χ2v) is 3.14. The van der Waals surface area contributed by atoms with Crippen molar-refractivity contribution in [3.8, 4) is 24.2 Å². The molecule has 0 fully saturated rings. The van der Waals surface area contributed by atoms with E-state index in [2.05, 4.69) is 16.6 Å². The molecular formula is C15H10O3. The third kappa shape index (κ3) is 3.66. The smallest absolute Gasteiger partial charge is 0.331 e. The van der Waals surface area contributed by atoms with E-state index in [1.165, 1.54) is 19.3 Å². The average Bonchev–Trinajstić information content (AvgIpc) is 2.42. The summed E-state index contributed by atoms with van der Waals surface area (Å²) < 4.78 is 4.41. The maximum Gasteiger partial charge on any atom is 0.331 e. The van der Waals surface area contributed by atoms with Gasteiger partial charge in [-0.2, -0.15) is 0 Å². The van der Waals surface area contributed by atoms with E-state index in [-0.39, 0.29) is 0 Å². The first-order valence-electron chi connectivity index (χ1n) is 5.05. The highest BCUT2D eigenvalue weighted by molar-refractivity contribution is 6.10. The van der Waals surface area contributed by atoms with Gasteiger partial charge in [-0.25, -0.2) is 4.79 Å². The molecule has 0 saturated carbocycles. The van der Waals surface area contributed by atoms with Crippen molar-refractivity contribution in [2.24, 2.45) is 0 Å². The van der Waals surface area contributed by atoms with Crippen molar-refractivity contribution in [1.29, 1.82) is 0 Å². The minimum atomic E-state index is -0.489. The van der Waals surface area contributed by atoms with Gasteiger partial charge >= 0.3 is 5.97 Å². The van der Waals surface area contributed by atoms with Crippen LogP contribution in [0.3, 0.4) is 0 Å². The minimum Gasteiger partial charge on any atom is -0.466 e. The Morgan fingerprint density at radius 2 is 2.06 bits per heavy atom. The van der Waals surface area contributed by atoms with E-state index in [1.54, 1.807) is 24.3 Å². The fourth-order valence-corrected chi connectivity index (χ4v) is 1.17. The molecule has 88 valence electrons. The van der Waals surface area contributed by atoms with E-state index < -0.39 is 11.8 Å². The van der Waals surface area contributed by atoms with E-state index in [0.717, 1.165) is 0 Å². The molecule has 0 aliphatic heterocycles. The van der Waals surface area contributed by atoms with Crippen LogP contribution in [0.15, 0.2) is 36.4 Å². The van der Waals surface area contributed by atoms with Gasteiger partial charge in [0, 0.05) is 17.2 Å². The normalized spacial score (nSPS) is 9.11. The summed E-state index contributed by atoms with van der Waals surface area (Å²) in [6.45, 7) is 0. The zero-order chi connectivity index (χ0) is 13.4. The number of esters is 1. The van der Waals surface area contributed by atoms with Crippen LogP contribution in [0.4, 0.5) is 0 Å². The van der Waals surface area contributed by atoms with Crippen LogP contribution in [-0.2, 0) is 9.53 Å². The molecule has 3 heteroatoms. The molecule has 0 N–H and O–H groups in total. The van der Waals surface area contributed by atoms with Gasteiger partial charge in [0.1, 0.15) is 0 Å². The summed E-state index contributed by atoms with van der Waals surface area (Å²) in [7, 11) is 1.28. The van der Waals surface area contributed by atoms with Crippen LogP contribution in [0.1, 0.15) is 15.9 Å². The minimum absolute atomic E-state index is 0.374. The lowest BCUT2D eigenvalue weighted by atomic mass is 10.0. The Kier molecular flexibility index (Phi) is 4.97. The first-order valence-corrected chi connectivity index (χ1v) is 5.05. The third-order valence-corrected chi connectivity index (χ3v) is 2.01. The van der Waals surface area contributed by atoms with Gasteiger partial charge in [0.25, 0.3) is 0 Å². The molecule has 0 spiro atoms. The monoisotopic (exact) mass is 238 g/mol. The summed E-state index contributed by atoms with van der Waals surface area (Å²) in [5.74, 6) is 6.51. The molecule has 1 aromatic rings. The van der Waals surface area contributed by atoms with Gasteiger partial charge in [-0.1, -0.05) is 24.0 Å². The third-order valence-electron chi connectivity index (χ3n) is 2.01. The number of carbonyl (C=O) groups is 2. The van der Waals surface area contributed by atoms with E-state index in [4.69, 9.17) is 6.42 Å². The highest BCUT2D eigenvalue weighted by Crippen LogP contribution is 2.07. The molecule has 0 amide bonds. The van der Waals surface area contributed by atoms with Crippen LogP contribution in [0.5, 0.6) is 0 Å². The number of Topliss-reactive ketones (excluding diaryl/α,β-unsaturated/α-hetero) is 1. The average molecular weight is 238 g/mol. The zero-order valence-electron chi connectivity index (χ0n) is 9.77. The Balaban J connectivity index is 2.96. The second-order valence-electron chi connectivity index (χ2n) is 3.14. The Morgan fingerprint density at radius 1 is 1.33 bits per heavy atom. The van der Waals surface area contributed by atoms with Crippen molar-refractivity contribution in [1.82, 2.24) is 0 Å². The van der Waals surface area contributed by atoms with Gasteiger partial charge in [0.2, 0.25) is 5.78 Å². The Hall–Kier alpha value is -2.78. The van der Waals surface area contributed by atoms with Crippen molar-refractivity contribution in [2.45, 2.75) is 0 Å². The molecule has 0 unspecified atom stereocenters. The molecule has 0 aliphatic carbocycles. The first-order chi connectivity index (χ1) is 8.69. The summed E-state index contributed by atoms with van der Waals surface area (Å²) >= 11 is 0. The maximum atomic E-state index is 11.4. The molecular weight excluding hydrogens is 228 g/mol. The quantitative estimate of drug-likeness (QED) is 0.258. The summed E-state index contributed by atoms with van der Waals surface area (Å²) in [6, 6.07) is 6.75. The molecule has 3 nitrogen and oxygen atoms in total. The topological polar surface area (TPSA) is 43.4 Å². The molecule has 0 heterocycles. The first kappa shape index (κ1) is 13.3. The molecule has 0 aliphatic rings. The zero-order valence-corrected chi connectivity index (χ0v) is 9.77. The van der Waals surface area contributed by atoms with Crippen LogP contribution < -0.4 is 0 Å². The number of ether oxygens (including phenoxy) is 1. The number of rotatable bonds is 2. The molecule has 0 atom stereocenters. The van der Waals surface area contributed by atoms with Gasteiger partial charge in [-0.3, -0.25) is 4.79 Å². The summed E-state index contributed by atoms with van der Waals surface area (Å²) in [6.07, 6.45) is 7.61. The van der Waals surface area contributed by atoms with Gasteiger partial charge < -0.3 is 4.74 Å². The van der Waals surface area contributed by atoms with Crippen LogP contribution in [0, 0.1) is 24.2 Å². The molecule has 1 aromatic carbocycles. The van der Waals surface area contributed by atoms with Gasteiger partial charge in [0.15, 0.2) is 0 Å². The van der Waals surface area contributed by atoms with Crippen LogP contribution in [0.2, 0.25) is 0 Å². The van der Waals surface area contributed by atoms with Crippen molar-refractivity contribution >= 4 is 11.8 Å². The number of methoxy groups -OCH3 is 1. The number of ketones is 1. The fourth-order valence-electron chi connectivity index (χ4n) is 1.17. The molecule has 0 radical (unpaired) electrons. The number of carbonyl (C=O) groups excluding carboxylic acids is 2. The largest absolute Gasteiger partial charge is 0.466 e. The van der Waals surface area contributed by atoms with Crippen LogP contribution >= 0.6 is 0 Å². The highest BCUT2D eigenvalue weighted by atomic mass is 16.5.